The van der Waals surface area contributed by atoms with Gasteiger partial charge in [0.25, 0.3) is 0 Å². The molecule has 20 heavy (non-hydrogen) atoms. The Morgan fingerprint density at radius 3 is 2.85 bits per heavy atom. The van der Waals surface area contributed by atoms with E-state index < -0.39 is 0 Å². The second kappa shape index (κ2) is 8.25. The Kier molecular flexibility index (Phi) is 6.30. The summed E-state index contributed by atoms with van der Waals surface area (Å²) in [6, 6.07) is 10.2. The molecule has 2 rings (SSSR count). The number of ether oxygens (including phenoxy) is 1. The van der Waals surface area contributed by atoms with E-state index >= 15 is 0 Å². The standard InChI is InChI=1S/C16H20BrNO2/c1-2-7-18-10-13-5-6-14(16(17)9-13)11-19-12-15-4-3-8-20-15/h3-6,8-9,18H,2,7,10-12H2,1H3. The molecule has 0 radical (unpaired) electrons. The first kappa shape index (κ1) is 15.3. The Hall–Kier alpha value is -1.10. The van der Waals surface area contributed by atoms with Crippen LogP contribution in [0.15, 0.2) is 45.5 Å². The van der Waals surface area contributed by atoms with Gasteiger partial charge >= 0.3 is 0 Å². The molecule has 4 heteroatoms. The van der Waals surface area contributed by atoms with E-state index in [9.17, 15) is 0 Å². The summed E-state index contributed by atoms with van der Waals surface area (Å²) in [6.07, 6.45) is 2.81. The van der Waals surface area contributed by atoms with Crippen molar-refractivity contribution in [3.05, 3.63) is 58.0 Å². The summed E-state index contributed by atoms with van der Waals surface area (Å²) in [7, 11) is 0. The van der Waals surface area contributed by atoms with E-state index in [0.717, 1.165) is 35.3 Å². The molecule has 0 saturated carbocycles. The lowest BCUT2D eigenvalue weighted by Crippen LogP contribution is -2.13. The summed E-state index contributed by atoms with van der Waals surface area (Å²) >= 11 is 3.60. The lowest BCUT2D eigenvalue weighted by atomic mass is 10.1. The lowest BCUT2D eigenvalue weighted by molar-refractivity contribution is 0.0925. The van der Waals surface area contributed by atoms with Gasteiger partial charge in [-0.05, 0) is 42.3 Å². The summed E-state index contributed by atoms with van der Waals surface area (Å²) in [5, 5.41) is 3.40. The van der Waals surface area contributed by atoms with Gasteiger partial charge < -0.3 is 14.5 Å². The summed E-state index contributed by atoms with van der Waals surface area (Å²) in [5.74, 6) is 0.849. The van der Waals surface area contributed by atoms with Gasteiger partial charge in [0.1, 0.15) is 12.4 Å². The predicted octanol–water partition coefficient (Wildman–Crippen LogP) is 4.26. The average molecular weight is 338 g/mol. The lowest BCUT2D eigenvalue weighted by Gasteiger charge is -2.08. The highest BCUT2D eigenvalue weighted by molar-refractivity contribution is 9.10. The largest absolute Gasteiger partial charge is 0.467 e. The minimum absolute atomic E-state index is 0.499. The molecular formula is C16H20BrNO2. The molecule has 0 unspecified atom stereocenters. The molecule has 108 valence electrons. The molecule has 1 heterocycles. The monoisotopic (exact) mass is 337 g/mol. The van der Waals surface area contributed by atoms with E-state index in [4.69, 9.17) is 9.15 Å². The van der Waals surface area contributed by atoms with Crippen molar-refractivity contribution < 1.29 is 9.15 Å². The molecule has 2 aromatic rings. The molecule has 0 aliphatic rings. The zero-order chi connectivity index (χ0) is 14.2. The minimum atomic E-state index is 0.499. The SMILES string of the molecule is CCCNCc1ccc(COCc2ccco2)c(Br)c1. The van der Waals surface area contributed by atoms with Crippen LogP contribution in [-0.4, -0.2) is 6.54 Å². The van der Waals surface area contributed by atoms with E-state index in [2.05, 4.69) is 46.4 Å². The molecule has 0 atom stereocenters. The molecular weight excluding hydrogens is 318 g/mol. The van der Waals surface area contributed by atoms with Gasteiger partial charge in [0.05, 0.1) is 12.9 Å². The maximum Gasteiger partial charge on any atom is 0.129 e. The van der Waals surface area contributed by atoms with Crippen molar-refractivity contribution in [3.63, 3.8) is 0 Å². The molecule has 0 saturated heterocycles. The topological polar surface area (TPSA) is 34.4 Å². The highest BCUT2D eigenvalue weighted by atomic mass is 79.9. The molecule has 3 nitrogen and oxygen atoms in total. The van der Waals surface area contributed by atoms with E-state index in [0.29, 0.717) is 13.2 Å². The smallest absolute Gasteiger partial charge is 0.129 e. The van der Waals surface area contributed by atoms with Crippen molar-refractivity contribution in [3.8, 4) is 0 Å². The van der Waals surface area contributed by atoms with Crippen molar-refractivity contribution in [2.45, 2.75) is 33.1 Å². The zero-order valence-corrected chi connectivity index (χ0v) is 13.3. The van der Waals surface area contributed by atoms with Crippen LogP contribution in [0.1, 0.15) is 30.2 Å². The molecule has 0 fully saturated rings. The van der Waals surface area contributed by atoms with Gasteiger partial charge in [-0.15, -0.1) is 0 Å². The number of hydrogen-bond acceptors (Lipinski definition) is 3. The van der Waals surface area contributed by atoms with Crippen molar-refractivity contribution in [2.75, 3.05) is 6.54 Å². The second-order valence-electron chi connectivity index (χ2n) is 4.67. The summed E-state index contributed by atoms with van der Waals surface area (Å²) in [4.78, 5) is 0. The van der Waals surface area contributed by atoms with Gasteiger partial charge in [-0.2, -0.15) is 0 Å². The van der Waals surface area contributed by atoms with Crippen LogP contribution in [0, 0.1) is 0 Å². The Balaban J connectivity index is 1.82. The molecule has 0 aliphatic heterocycles. The molecule has 0 amide bonds. The van der Waals surface area contributed by atoms with Crippen molar-refractivity contribution in [1.29, 1.82) is 0 Å². The number of furan rings is 1. The maximum absolute atomic E-state index is 5.64. The van der Waals surface area contributed by atoms with Gasteiger partial charge in [-0.1, -0.05) is 35.0 Å². The Morgan fingerprint density at radius 2 is 2.15 bits per heavy atom. The molecule has 0 bridgehead atoms. The highest BCUT2D eigenvalue weighted by Crippen LogP contribution is 2.20. The van der Waals surface area contributed by atoms with Crippen molar-refractivity contribution in [1.82, 2.24) is 5.32 Å². The quantitative estimate of drug-likeness (QED) is 0.731. The fraction of sp³-hybridized carbons (Fsp3) is 0.375. The fourth-order valence-corrected chi connectivity index (χ4v) is 2.42. The van der Waals surface area contributed by atoms with Crippen LogP contribution in [-0.2, 0) is 24.5 Å². The van der Waals surface area contributed by atoms with Gasteiger partial charge in [0.2, 0.25) is 0 Å². The molecule has 1 aromatic carbocycles. The summed E-state index contributed by atoms with van der Waals surface area (Å²) in [6.45, 7) is 5.19. The normalized spacial score (nSPS) is 10.9. The first-order valence-corrected chi connectivity index (χ1v) is 7.67. The maximum atomic E-state index is 5.64. The first-order chi connectivity index (χ1) is 9.79. The Morgan fingerprint density at radius 1 is 1.25 bits per heavy atom. The number of benzene rings is 1. The molecule has 0 aliphatic carbocycles. The molecule has 1 N–H and O–H groups in total. The van der Waals surface area contributed by atoms with Crippen LogP contribution < -0.4 is 5.32 Å². The van der Waals surface area contributed by atoms with E-state index in [1.165, 1.54) is 5.56 Å². The zero-order valence-electron chi connectivity index (χ0n) is 11.7. The third-order valence-electron chi connectivity index (χ3n) is 2.96. The number of hydrogen-bond donors (Lipinski definition) is 1. The van der Waals surface area contributed by atoms with E-state index in [1.54, 1.807) is 6.26 Å². The van der Waals surface area contributed by atoms with E-state index in [-0.39, 0.29) is 0 Å². The highest BCUT2D eigenvalue weighted by Gasteiger charge is 2.03. The molecule has 0 spiro atoms. The van der Waals surface area contributed by atoms with Crippen LogP contribution in [0.2, 0.25) is 0 Å². The summed E-state index contributed by atoms with van der Waals surface area (Å²) in [5.41, 5.74) is 2.43. The third kappa shape index (κ3) is 4.78. The van der Waals surface area contributed by atoms with Gasteiger partial charge in [0.15, 0.2) is 0 Å². The first-order valence-electron chi connectivity index (χ1n) is 6.87. The van der Waals surface area contributed by atoms with Crippen LogP contribution in [0.5, 0.6) is 0 Å². The van der Waals surface area contributed by atoms with E-state index in [1.807, 2.05) is 12.1 Å². The second-order valence-corrected chi connectivity index (χ2v) is 5.53. The third-order valence-corrected chi connectivity index (χ3v) is 3.69. The fourth-order valence-electron chi connectivity index (χ4n) is 1.88. The summed E-state index contributed by atoms with van der Waals surface area (Å²) < 4.78 is 12.0. The predicted molar refractivity (Wildman–Crippen MR) is 83.3 cm³/mol. The Bertz CT molecular complexity index is 511. The average Bonchev–Trinajstić information content (AvgIpc) is 2.95. The van der Waals surface area contributed by atoms with Gasteiger partial charge in [-0.3, -0.25) is 0 Å². The van der Waals surface area contributed by atoms with Crippen molar-refractivity contribution in [2.24, 2.45) is 0 Å². The van der Waals surface area contributed by atoms with Crippen molar-refractivity contribution >= 4 is 15.9 Å². The van der Waals surface area contributed by atoms with Gasteiger partial charge in [-0.25, -0.2) is 0 Å². The number of halogens is 1. The number of rotatable bonds is 8. The Labute approximate surface area is 128 Å². The number of nitrogens with one attached hydrogen (secondary N) is 1. The van der Waals surface area contributed by atoms with Crippen LogP contribution in [0.3, 0.4) is 0 Å². The van der Waals surface area contributed by atoms with Crippen LogP contribution in [0.4, 0.5) is 0 Å². The van der Waals surface area contributed by atoms with Crippen LogP contribution >= 0.6 is 15.9 Å². The minimum Gasteiger partial charge on any atom is -0.467 e. The van der Waals surface area contributed by atoms with Crippen LogP contribution in [0.25, 0.3) is 0 Å². The van der Waals surface area contributed by atoms with Gasteiger partial charge in [0, 0.05) is 11.0 Å². The molecule has 1 aromatic heterocycles.